The van der Waals surface area contributed by atoms with Gasteiger partial charge >= 0.3 is 0 Å². The molecule has 43 heavy (non-hydrogen) atoms. The second-order valence-corrected chi connectivity index (χ2v) is 9.99. The molecule has 2 amide bonds. The monoisotopic (exact) mass is 581 g/mol. The van der Waals surface area contributed by atoms with Gasteiger partial charge in [-0.2, -0.15) is 0 Å². The fourth-order valence-electron chi connectivity index (χ4n) is 4.29. The molecule has 11 nitrogen and oxygen atoms in total. The minimum atomic E-state index is -0.417. The van der Waals surface area contributed by atoms with Crippen molar-refractivity contribution in [1.82, 2.24) is 15.6 Å². The number of amides is 2. The summed E-state index contributed by atoms with van der Waals surface area (Å²) in [5, 5.41) is 14.9. The summed E-state index contributed by atoms with van der Waals surface area (Å²) >= 11 is 0. The van der Waals surface area contributed by atoms with Crippen LogP contribution in [0.5, 0.6) is 0 Å². The molecule has 0 unspecified atom stereocenters. The quantitative estimate of drug-likeness (QED) is 0.0638. The Kier molecular flexibility index (Phi) is 9.92. The van der Waals surface area contributed by atoms with Crippen molar-refractivity contribution < 1.29 is 14.0 Å². The lowest BCUT2D eigenvalue weighted by Crippen LogP contribution is -2.31. The van der Waals surface area contributed by atoms with Crippen molar-refractivity contribution in [2.24, 2.45) is 5.73 Å². The lowest BCUT2D eigenvalue weighted by atomic mass is 10.0. The van der Waals surface area contributed by atoms with E-state index in [0.29, 0.717) is 29.9 Å². The average Bonchev–Trinajstić information content (AvgIpc) is 3.01. The van der Waals surface area contributed by atoms with Gasteiger partial charge in [0, 0.05) is 49.1 Å². The van der Waals surface area contributed by atoms with Crippen molar-refractivity contribution in [3.63, 3.8) is 0 Å². The molecule has 0 saturated heterocycles. The summed E-state index contributed by atoms with van der Waals surface area (Å²) < 4.78 is 5.93. The predicted octanol–water partition coefficient (Wildman–Crippen LogP) is 3.24. The Balaban J connectivity index is 1.61. The van der Waals surface area contributed by atoms with Crippen LogP contribution in [-0.2, 0) is 24.3 Å². The molecular formula is C32H35N7O4. The molecule has 0 aliphatic rings. The molecule has 3 aromatic carbocycles. The fraction of sp³-hybridized carbons (Fsp3) is 0.188. The molecule has 0 bridgehead atoms. The van der Waals surface area contributed by atoms with Gasteiger partial charge in [-0.1, -0.05) is 61.5 Å². The zero-order chi connectivity index (χ0) is 30.9. The van der Waals surface area contributed by atoms with Gasteiger partial charge in [0.25, 0.3) is 5.91 Å². The maximum absolute atomic E-state index is 13.6. The van der Waals surface area contributed by atoms with Crippen LogP contribution in [0.1, 0.15) is 39.5 Å². The van der Waals surface area contributed by atoms with Crippen LogP contribution < -0.4 is 33.0 Å². The Labute approximate surface area is 249 Å². The summed E-state index contributed by atoms with van der Waals surface area (Å²) in [5.41, 5.74) is 17.8. The number of benzene rings is 3. The first-order chi connectivity index (χ1) is 20.6. The number of nitrogen functional groups attached to an aromatic ring is 2. The van der Waals surface area contributed by atoms with Gasteiger partial charge in [0.05, 0.1) is 12.0 Å². The third-order valence-corrected chi connectivity index (χ3v) is 6.74. The van der Waals surface area contributed by atoms with Crippen molar-refractivity contribution in [3.05, 3.63) is 117 Å². The number of carbonyl (C=O) groups excluding carboxylic acids is 2. The van der Waals surface area contributed by atoms with Gasteiger partial charge < -0.3 is 31.9 Å². The highest BCUT2D eigenvalue weighted by Gasteiger charge is 2.21. The second kappa shape index (κ2) is 14.0. The molecule has 0 radical (unpaired) electrons. The van der Waals surface area contributed by atoms with E-state index in [1.54, 1.807) is 48.5 Å². The van der Waals surface area contributed by atoms with Gasteiger partial charge in [-0.3, -0.25) is 19.8 Å². The van der Waals surface area contributed by atoms with Crippen molar-refractivity contribution in [2.75, 3.05) is 24.8 Å². The van der Waals surface area contributed by atoms with Crippen LogP contribution in [-0.4, -0.2) is 36.3 Å². The zero-order valence-corrected chi connectivity index (χ0v) is 24.1. The van der Waals surface area contributed by atoms with E-state index in [2.05, 4.69) is 16.1 Å². The number of nitrogens with zero attached hydrogens (tertiary/aromatic N) is 1. The molecular weight excluding hydrogens is 546 g/mol. The van der Waals surface area contributed by atoms with E-state index in [1.165, 1.54) is 12.3 Å². The van der Waals surface area contributed by atoms with Crippen molar-refractivity contribution in [3.8, 4) is 11.3 Å². The molecule has 0 fully saturated rings. The van der Waals surface area contributed by atoms with Crippen molar-refractivity contribution in [2.45, 2.75) is 26.4 Å². The topological polar surface area (TPSA) is 180 Å². The molecule has 0 spiro atoms. The van der Waals surface area contributed by atoms with Crippen molar-refractivity contribution >= 4 is 29.0 Å². The number of amidine groups is 1. The number of nitrogens with one attached hydrogen (secondary N) is 4. The van der Waals surface area contributed by atoms with Gasteiger partial charge in [0.1, 0.15) is 23.5 Å². The lowest BCUT2D eigenvalue weighted by Gasteiger charge is -2.18. The Morgan fingerprint density at radius 2 is 1.60 bits per heavy atom. The number of hydrazine groups is 1. The van der Waals surface area contributed by atoms with E-state index in [0.717, 1.165) is 11.1 Å². The van der Waals surface area contributed by atoms with Gasteiger partial charge in [-0.25, -0.2) is 5.01 Å². The molecule has 0 atom stereocenters. The fourth-order valence-corrected chi connectivity index (χ4v) is 4.29. The van der Waals surface area contributed by atoms with Gasteiger partial charge in [-0.15, -0.1) is 0 Å². The predicted molar refractivity (Wildman–Crippen MR) is 167 cm³/mol. The van der Waals surface area contributed by atoms with Crippen LogP contribution >= 0.6 is 0 Å². The van der Waals surface area contributed by atoms with Gasteiger partial charge in [0.2, 0.25) is 11.3 Å². The third kappa shape index (κ3) is 8.08. The number of carbonyl (C=O) groups is 2. The first kappa shape index (κ1) is 30.5. The molecule has 1 heterocycles. The number of hydrogen-bond donors (Lipinski definition) is 6. The third-order valence-electron chi connectivity index (χ3n) is 6.74. The summed E-state index contributed by atoms with van der Waals surface area (Å²) in [6, 6.07) is 21.1. The van der Waals surface area contributed by atoms with Crippen molar-refractivity contribution in [1.29, 1.82) is 5.41 Å². The molecule has 222 valence electrons. The standard InChI is InChI=1S/C32H35N7O4/c1-3-39(2)38-27-19-43-30(23-13-24(15-25(33)14-23)32(42)37-18-20-7-5-4-6-8-20)26(29(27)41)16-28(40)36-17-21-9-11-22(12-10-21)31(34)35/h4-15,19,38H,3,16-18,33H2,1-2H3,(H3,34,35)(H,36,40)(H,37,42). The molecule has 8 N–H and O–H groups in total. The van der Waals surface area contributed by atoms with E-state index < -0.39 is 11.3 Å². The highest BCUT2D eigenvalue weighted by molar-refractivity contribution is 5.97. The summed E-state index contributed by atoms with van der Waals surface area (Å²) in [6.45, 7) is 3.05. The largest absolute Gasteiger partial charge is 0.462 e. The SMILES string of the molecule is CCN(C)Nc1coc(-c2cc(N)cc(C(=O)NCc3ccccc3)c2)c(CC(=O)NCc2ccc(C(=N)N)cc2)c1=O. The molecule has 1 aromatic heterocycles. The maximum Gasteiger partial charge on any atom is 0.251 e. The highest BCUT2D eigenvalue weighted by Crippen LogP contribution is 2.27. The molecule has 4 aromatic rings. The van der Waals surface area contributed by atoms with E-state index >= 15 is 0 Å². The Bertz CT molecular complexity index is 1670. The molecule has 0 aliphatic carbocycles. The van der Waals surface area contributed by atoms with Crippen LogP contribution in [0.25, 0.3) is 11.3 Å². The summed E-state index contributed by atoms with van der Waals surface area (Å²) in [7, 11) is 1.77. The van der Waals surface area contributed by atoms with Crippen LogP contribution in [0.15, 0.2) is 88.3 Å². The number of anilines is 2. The first-order valence-corrected chi connectivity index (χ1v) is 13.7. The minimum Gasteiger partial charge on any atom is -0.462 e. The average molecular weight is 582 g/mol. The summed E-state index contributed by atoms with van der Waals surface area (Å²) in [5.74, 6) is -0.664. The maximum atomic E-state index is 13.6. The zero-order valence-electron chi connectivity index (χ0n) is 24.1. The number of hydrogen-bond acceptors (Lipinski definition) is 8. The van der Waals surface area contributed by atoms with E-state index in [-0.39, 0.29) is 47.3 Å². The smallest absolute Gasteiger partial charge is 0.251 e. The first-order valence-electron chi connectivity index (χ1n) is 13.7. The molecule has 0 saturated carbocycles. The van der Waals surface area contributed by atoms with Crippen LogP contribution in [0.2, 0.25) is 0 Å². The summed E-state index contributed by atoms with van der Waals surface area (Å²) in [4.78, 5) is 39.7. The minimum absolute atomic E-state index is 0.0459. The Morgan fingerprint density at radius 1 is 0.930 bits per heavy atom. The van der Waals surface area contributed by atoms with E-state index in [1.807, 2.05) is 37.3 Å². The van der Waals surface area contributed by atoms with Gasteiger partial charge in [-0.05, 0) is 29.3 Å². The summed E-state index contributed by atoms with van der Waals surface area (Å²) in [6.07, 6.45) is 1.01. The lowest BCUT2D eigenvalue weighted by molar-refractivity contribution is -0.120. The number of nitrogens with two attached hydrogens (primary N) is 2. The molecule has 4 rings (SSSR count). The number of rotatable bonds is 12. The molecule has 0 aliphatic heterocycles. The van der Waals surface area contributed by atoms with Crippen LogP contribution in [0, 0.1) is 5.41 Å². The second-order valence-electron chi connectivity index (χ2n) is 9.99. The normalized spacial score (nSPS) is 10.8. The molecule has 11 heteroatoms. The van der Waals surface area contributed by atoms with Crippen LogP contribution in [0.4, 0.5) is 11.4 Å². The Hall–Kier alpha value is -5.42. The van der Waals surface area contributed by atoms with Crippen LogP contribution in [0.3, 0.4) is 0 Å². The van der Waals surface area contributed by atoms with E-state index in [4.69, 9.17) is 21.3 Å². The Morgan fingerprint density at radius 3 is 2.28 bits per heavy atom. The van der Waals surface area contributed by atoms with E-state index in [9.17, 15) is 14.4 Å². The highest BCUT2D eigenvalue weighted by atomic mass is 16.3. The van der Waals surface area contributed by atoms with Gasteiger partial charge in [0.15, 0.2) is 0 Å².